The normalized spacial score (nSPS) is 16.3. The van der Waals surface area contributed by atoms with Gasteiger partial charge < -0.3 is 15.4 Å². The molecule has 1 aliphatic rings. The van der Waals surface area contributed by atoms with Crippen molar-refractivity contribution in [2.45, 2.75) is 32.8 Å². The van der Waals surface area contributed by atoms with Gasteiger partial charge in [-0.1, -0.05) is 6.07 Å². The quantitative estimate of drug-likeness (QED) is 0.866. The molecule has 1 unspecified atom stereocenters. The van der Waals surface area contributed by atoms with Gasteiger partial charge in [0.15, 0.2) is 0 Å². The second-order valence-electron chi connectivity index (χ2n) is 6.75. The molecule has 0 aliphatic carbocycles. The van der Waals surface area contributed by atoms with Gasteiger partial charge in [-0.2, -0.15) is 0 Å². The Bertz CT molecular complexity index is 773. The van der Waals surface area contributed by atoms with Crippen molar-refractivity contribution in [3.8, 4) is 0 Å². The molecule has 1 heterocycles. The summed E-state index contributed by atoms with van der Waals surface area (Å²) in [5.74, 6) is -0.344. The SMILES string of the molecule is Cc1cc(C)cc(NC(=O)c2ccc(C(=O)NCC3CCCO3)cc2)c1. The molecule has 26 heavy (non-hydrogen) atoms. The van der Waals surface area contributed by atoms with Gasteiger partial charge in [0, 0.05) is 30.0 Å². The molecule has 1 atom stereocenters. The van der Waals surface area contributed by atoms with Crippen molar-refractivity contribution in [2.24, 2.45) is 0 Å². The molecule has 3 rings (SSSR count). The third-order valence-corrected chi connectivity index (χ3v) is 4.40. The number of carbonyl (C=O) groups is 2. The summed E-state index contributed by atoms with van der Waals surface area (Å²) in [6.45, 7) is 5.28. The number of benzene rings is 2. The van der Waals surface area contributed by atoms with E-state index in [-0.39, 0.29) is 17.9 Å². The Labute approximate surface area is 153 Å². The fourth-order valence-electron chi connectivity index (χ4n) is 3.14. The van der Waals surface area contributed by atoms with Crippen LogP contribution in [-0.4, -0.2) is 31.1 Å². The summed E-state index contributed by atoms with van der Waals surface area (Å²) < 4.78 is 5.50. The Kier molecular flexibility index (Phi) is 5.68. The molecule has 0 spiro atoms. The Morgan fingerprint density at radius 2 is 1.62 bits per heavy atom. The number of aryl methyl sites for hydroxylation is 2. The van der Waals surface area contributed by atoms with E-state index < -0.39 is 0 Å². The van der Waals surface area contributed by atoms with E-state index in [1.165, 1.54) is 0 Å². The molecular weight excluding hydrogens is 328 g/mol. The van der Waals surface area contributed by atoms with E-state index in [2.05, 4.69) is 16.7 Å². The molecule has 1 saturated heterocycles. The number of ether oxygens (including phenoxy) is 1. The van der Waals surface area contributed by atoms with Gasteiger partial charge in [-0.25, -0.2) is 0 Å². The molecule has 2 aromatic rings. The molecule has 0 saturated carbocycles. The molecule has 1 aliphatic heterocycles. The topological polar surface area (TPSA) is 67.4 Å². The van der Waals surface area contributed by atoms with Gasteiger partial charge in [-0.05, 0) is 74.2 Å². The summed E-state index contributed by atoms with van der Waals surface area (Å²) in [5.41, 5.74) is 4.01. The van der Waals surface area contributed by atoms with Gasteiger partial charge in [0.05, 0.1) is 6.10 Å². The average molecular weight is 352 g/mol. The van der Waals surface area contributed by atoms with Crippen LogP contribution in [0.25, 0.3) is 0 Å². The minimum Gasteiger partial charge on any atom is -0.376 e. The standard InChI is InChI=1S/C21H24N2O3/c1-14-10-15(2)12-18(11-14)23-21(25)17-7-5-16(6-8-17)20(24)22-13-19-4-3-9-26-19/h5-8,10-12,19H,3-4,9,13H2,1-2H3,(H,22,24)(H,23,25). The van der Waals surface area contributed by atoms with Crippen LogP contribution in [0.4, 0.5) is 5.69 Å². The van der Waals surface area contributed by atoms with Gasteiger partial charge >= 0.3 is 0 Å². The first-order chi connectivity index (χ1) is 12.5. The predicted octanol–water partition coefficient (Wildman–Crippen LogP) is 3.46. The summed E-state index contributed by atoms with van der Waals surface area (Å²) in [6, 6.07) is 12.6. The smallest absolute Gasteiger partial charge is 0.255 e. The second-order valence-corrected chi connectivity index (χ2v) is 6.75. The van der Waals surface area contributed by atoms with E-state index in [1.807, 2.05) is 26.0 Å². The van der Waals surface area contributed by atoms with Crippen molar-refractivity contribution in [1.29, 1.82) is 0 Å². The Morgan fingerprint density at radius 3 is 2.19 bits per heavy atom. The van der Waals surface area contributed by atoms with Crippen molar-refractivity contribution in [3.63, 3.8) is 0 Å². The molecule has 2 N–H and O–H groups in total. The molecule has 1 fully saturated rings. The maximum atomic E-state index is 12.4. The number of hydrogen-bond acceptors (Lipinski definition) is 3. The van der Waals surface area contributed by atoms with E-state index in [4.69, 9.17) is 4.74 Å². The van der Waals surface area contributed by atoms with Crippen LogP contribution in [0.15, 0.2) is 42.5 Å². The minimum absolute atomic E-state index is 0.113. The number of rotatable bonds is 5. The Morgan fingerprint density at radius 1 is 1.00 bits per heavy atom. The van der Waals surface area contributed by atoms with Crippen LogP contribution in [-0.2, 0) is 4.74 Å². The monoisotopic (exact) mass is 352 g/mol. The zero-order valence-corrected chi connectivity index (χ0v) is 15.2. The minimum atomic E-state index is -0.193. The van der Waals surface area contributed by atoms with Crippen LogP contribution in [0.5, 0.6) is 0 Å². The highest BCUT2D eigenvalue weighted by Crippen LogP contribution is 2.15. The first-order valence-electron chi connectivity index (χ1n) is 8.91. The fourth-order valence-corrected chi connectivity index (χ4v) is 3.14. The molecular formula is C21H24N2O3. The lowest BCUT2D eigenvalue weighted by Crippen LogP contribution is -2.31. The number of nitrogens with one attached hydrogen (secondary N) is 2. The van der Waals surface area contributed by atoms with E-state index in [1.54, 1.807) is 24.3 Å². The maximum Gasteiger partial charge on any atom is 0.255 e. The summed E-state index contributed by atoms with van der Waals surface area (Å²) in [6.07, 6.45) is 2.14. The second kappa shape index (κ2) is 8.15. The molecule has 2 aromatic carbocycles. The zero-order chi connectivity index (χ0) is 18.5. The lowest BCUT2D eigenvalue weighted by Gasteiger charge is -2.11. The van der Waals surface area contributed by atoms with Crippen LogP contribution >= 0.6 is 0 Å². The van der Waals surface area contributed by atoms with Gasteiger partial charge in [0.2, 0.25) is 0 Å². The number of hydrogen-bond donors (Lipinski definition) is 2. The molecule has 5 heteroatoms. The van der Waals surface area contributed by atoms with E-state index in [9.17, 15) is 9.59 Å². The van der Waals surface area contributed by atoms with Gasteiger partial charge in [-0.3, -0.25) is 9.59 Å². The molecule has 2 amide bonds. The first-order valence-corrected chi connectivity index (χ1v) is 8.91. The maximum absolute atomic E-state index is 12.4. The third-order valence-electron chi connectivity index (χ3n) is 4.40. The Hall–Kier alpha value is -2.66. The summed E-state index contributed by atoms with van der Waals surface area (Å²) in [7, 11) is 0. The van der Waals surface area contributed by atoms with Crippen molar-refractivity contribution in [2.75, 3.05) is 18.5 Å². The molecule has 136 valence electrons. The van der Waals surface area contributed by atoms with Crippen molar-refractivity contribution in [3.05, 3.63) is 64.7 Å². The summed E-state index contributed by atoms with van der Waals surface area (Å²) >= 11 is 0. The number of amides is 2. The lowest BCUT2D eigenvalue weighted by molar-refractivity contribution is 0.0857. The molecule has 0 bridgehead atoms. The highest BCUT2D eigenvalue weighted by Gasteiger charge is 2.17. The van der Waals surface area contributed by atoms with Gasteiger partial charge in [-0.15, -0.1) is 0 Å². The highest BCUT2D eigenvalue weighted by atomic mass is 16.5. The van der Waals surface area contributed by atoms with Crippen LogP contribution in [0.2, 0.25) is 0 Å². The third kappa shape index (κ3) is 4.70. The van der Waals surface area contributed by atoms with Crippen LogP contribution < -0.4 is 10.6 Å². The van der Waals surface area contributed by atoms with Crippen molar-refractivity contribution >= 4 is 17.5 Å². The average Bonchev–Trinajstić information content (AvgIpc) is 3.12. The molecule has 5 nitrogen and oxygen atoms in total. The fraction of sp³-hybridized carbons (Fsp3) is 0.333. The van der Waals surface area contributed by atoms with E-state index in [0.29, 0.717) is 17.7 Å². The van der Waals surface area contributed by atoms with E-state index in [0.717, 1.165) is 36.3 Å². The zero-order valence-electron chi connectivity index (χ0n) is 15.2. The first kappa shape index (κ1) is 18.1. The Balaban J connectivity index is 1.59. The van der Waals surface area contributed by atoms with Crippen molar-refractivity contribution in [1.82, 2.24) is 5.32 Å². The predicted molar refractivity (Wildman–Crippen MR) is 102 cm³/mol. The highest BCUT2D eigenvalue weighted by molar-refractivity contribution is 6.05. The molecule has 0 aromatic heterocycles. The van der Waals surface area contributed by atoms with E-state index >= 15 is 0 Å². The van der Waals surface area contributed by atoms with Crippen molar-refractivity contribution < 1.29 is 14.3 Å². The largest absolute Gasteiger partial charge is 0.376 e. The summed E-state index contributed by atoms with van der Waals surface area (Å²) in [5, 5.41) is 5.77. The van der Waals surface area contributed by atoms with Crippen LogP contribution in [0, 0.1) is 13.8 Å². The molecule has 0 radical (unpaired) electrons. The number of anilines is 1. The van der Waals surface area contributed by atoms with Gasteiger partial charge in [0.25, 0.3) is 11.8 Å². The van der Waals surface area contributed by atoms with Crippen LogP contribution in [0.3, 0.4) is 0 Å². The van der Waals surface area contributed by atoms with Gasteiger partial charge in [0.1, 0.15) is 0 Å². The van der Waals surface area contributed by atoms with Crippen LogP contribution in [0.1, 0.15) is 44.7 Å². The number of carbonyl (C=O) groups excluding carboxylic acids is 2. The summed E-state index contributed by atoms with van der Waals surface area (Å²) in [4.78, 5) is 24.6. The lowest BCUT2D eigenvalue weighted by atomic mass is 10.1.